The van der Waals surface area contributed by atoms with Gasteiger partial charge in [-0.25, -0.2) is 9.78 Å². The number of esters is 1. The summed E-state index contributed by atoms with van der Waals surface area (Å²) in [5, 5.41) is 1.13. The number of carbonyl (C=O) groups is 1. The van der Waals surface area contributed by atoms with Crippen LogP contribution in [0.25, 0.3) is 10.9 Å². The quantitative estimate of drug-likeness (QED) is 0.514. The number of benzene rings is 1. The van der Waals surface area contributed by atoms with Crippen LogP contribution in [0.15, 0.2) is 43.1 Å². The first-order chi connectivity index (χ1) is 11.2. The SMILES string of the molecule is COC(=O)c1ccc2c(Cn3ccnc3)cn(CCCCl)c2c1. The monoisotopic (exact) mass is 331 g/mol. The van der Waals surface area contributed by atoms with Gasteiger partial charge in [0.25, 0.3) is 0 Å². The van der Waals surface area contributed by atoms with Crippen LogP contribution in [0, 0.1) is 0 Å². The summed E-state index contributed by atoms with van der Waals surface area (Å²) in [5.74, 6) is 0.279. The van der Waals surface area contributed by atoms with Crippen molar-refractivity contribution in [2.45, 2.75) is 19.5 Å². The normalized spacial score (nSPS) is 11.0. The first-order valence-electron chi connectivity index (χ1n) is 7.44. The number of imidazole rings is 1. The first kappa shape index (κ1) is 15.6. The number of hydrogen-bond acceptors (Lipinski definition) is 3. The molecule has 3 rings (SSSR count). The summed E-state index contributed by atoms with van der Waals surface area (Å²) < 4.78 is 8.99. The maximum atomic E-state index is 11.8. The molecule has 6 heteroatoms. The van der Waals surface area contributed by atoms with Crippen molar-refractivity contribution in [2.75, 3.05) is 13.0 Å². The molecule has 0 spiro atoms. The van der Waals surface area contributed by atoms with Gasteiger partial charge in [0, 0.05) is 41.9 Å². The summed E-state index contributed by atoms with van der Waals surface area (Å²) in [6, 6.07) is 5.66. The Kier molecular flexibility index (Phi) is 4.67. The Morgan fingerprint density at radius 1 is 1.39 bits per heavy atom. The second kappa shape index (κ2) is 6.87. The summed E-state index contributed by atoms with van der Waals surface area (Å²) in [6.07, 6.45) is 8.49. The van der Waals surface area contributed by atoms with E-state index in [-0.39, 0.29) is 5.97 Å². The standard InChI is InChI=1S/C17H18ClN3O2/c1-23-17(22)13-3-4-15-14(10-20-8-6-19-12-20)11-21(7-2-5-18)16(15)9-13/h3-4,6,8-9,11-12H,2,5,7,10H2,1H3. The van der Waals surface area contributed by atoms with Gasteiger partial charge in [0.15, 0.2) is 0 Å². The lowest BCUT2D eigenvalue weighted by atomic mass is 10.1. The zero-order valence-electron chi connectivity index (χ0n) is 12.9. The van der Waals surface area contributed by atoms with E-state index in [0.717, 1.165) is 30.4 Å². The van der Waals surface area contributed by atoms with E-state index in [1.165, 1.54) is 12.7 Å². The fourth-order valence-electron chi connectivity index (χ4n) is 2.73. The summed E-state index contributed by atoms with van der Waals surface area (Å²) in [5.41, 5.74) is 2.76. The Hall–Kier alpha value is -2.27. The van der Waals surface area contributed by atoms with Crippen molar-refractivity contribution in [2.24, 2.45) is 0 Å². The molecule has 0 radical (unpaired) electrons. The fraction of sp³-hybridized carbons (Fsp3) is 0.294. The zero-order valence-corrected chi connectivity index (χ0v) is 13.7. The van der Waals surface area contributed by atoms with E-state index in [1.807, 2.05) is 22.9 Å². The van der Waals surface area contributed by atoms with Crippen LogP contribution in [0.3, 0.4) is 0 Å². The molecule has 0 fully saturated rings. The molecule has 2 heterocycles. The highest BCUT2D eigenvalue weighted by Gasteiger charge is 2.13. The molecule has 5 nitrogen and oxygen atoms in total. The van der Waals surface area contributed by atoms with Crippen molar-refractivity contribution < 1.29 is 9.53 Å². The molecule has 0 aliphatic rings. The number of alkyl halides is 1. The lowest BCUT2D eigenvalue weighted by Gasteiger charge is -2.05. The molecule has 23 heavy (non-hydrogen) atoms. The number of fused-ring (bicyclic) bond motifs is 1. The van der Waals surface area contributed by atoms with E-state index < -0.39 is 0 Å². The molecule has 3 aromatic rings. The van der Waals surface area contributed by atoms with Crippen LogP contribution in [0.5, 0.6) is 0 Å². The Bertz CT molecular complexity index is 809. The van der Waals surface area contributed by atoms with Gasteiger partial charge in [-0.3, -0.25) is 0 Å². The van der Waals surface area contributed by atoms with Crippen molar-refractivity contribution in [3.05, 3.63) is 54.2 Å². The number of aryl methyl sites for hydroxylation is 1. The third-order valence-electron chi connectivity index (χ3n) is 3.83. The topological polar surface area (TPSA) is 49.1 Å². The van der Waals surface area contributed by atoms with Gasteiger partial charge in [0.2, 0.25) is 0 Å². The van der Waals surface area contributed by atoms with E-state index in [4.69, 9.17) is 16.3 Å². The van der Waals surface area contributed by atoms with E-state index >= 15 is 0 Å². The molecular formula is C17H18ClN3O2. The molecule has 0 amide bonds. The molecular weight excluding hydrogens is 314 g/mol. The number of ether oxygens (including phenoxy) is 1. The molecule has 0 bridgehead atoms. The number of aromatic nitrogens is 3. The predicted octanol–water partition coefficient (Wildman–Crippen LogP) is 3.30. The lowest BCUT2D eigenvalue weighted by Crippen LogP contribution is -2.02. The van der Waals surface area contributed by atoms with Gasteiger partial charge in [-0.05, 0) is 24.1 Å². The summed E-state index contributed by atoms with van der Waals surface area (Å²) >= 11 is 5.83. The third kappa shape index (κ3) is 3.24. The number of hydrogen-bond donors (Lipinski definition) is 0. The van der Waals surface area contributed by atoms with Gasteiger partial charge in [-0.15, -0.1) is 11.6 Å². The van der Waals surface area contributed by atoms with Crippen LogP contribution >= 0.6 is 11.6 Å². The highest BCUT2D eigenvalue weighted by atomic mass is 35.5. The Morgan fingerprint density at radius 3 is 2.96 bits per heavy atom. The van der Waals surface area contributed by atoms with Gasteiger partial charge >= 0.3 is 5.97 Å². The number of halogens is 1. The summed E-state index contributed by atoms with van der Waals surface area (Å²) in [7, 11) is 1.39. The second-order valence-electron chi connectivity index (χ2n) is 5.35. The van der Waals surface area contributed by atoms with Gasteiger partial charge < -0.3 is 13.9 Å². The minimum Gasteiger partial charge on any atom is -0.465 e. The minimum absolute atomic E-state index is 0.326. The molecule has 2 aromatic heterocycles. The molecule has 0 aliphatic carbocycles. The number of methoxy groups -OCH3 is 1. The highest BCUT2D eigenvalue weighted by molar-refractivity contribution is 6.17. The minimum atomic E-state index is -0.326. The Labute approximate surface area is 139 Å². The largest absolute Gasteiger partial charge is 0.465 e. The van der Waals surface area contributed by atoms with Crippen LogP contribution in [0.4, 0.5) is 0 Å². The van der Waals surface area contributed by atoms with E-state index in [0.29, 0.717) is 11.4 Å². The molecule has 120 valence electrons. The average molecular weight is 332 g/mol. The van der Waals surface area contributed by atoms with E-state index in [9.17, 15) is 4.79 Å². The highest BCUT2D eigenvalue weighted by Crippen LogP contribution is 2.24. The van der Waals surface area contributed by atoms with Crippen molar-refractivity contribution >= 4 is 28.5 Å². The maximum absolute atomic E-state index is 11.8. The maximum Gasteiger partial charge on any atom is 0.337 e. The molecule has 0 atom stereocenters. The molecule has 0 saturated heterocycles. The molecule has 0 aliphatic heterocycles. The zero-order chi connectivity index (χ0) is 16.2. The smallest absolute Gasteiger partial charge is 0.337 e. The van der Waals surface area contributed by atoms with E-state index in [1.54, 1.807) is 18.6 Å². The molecule has 0 unspecified atom stereocenters. The molecule has 1 aromatic carbocycles. The second-order valence-corrected chi connectivity index (χ2v) is 5.73. The van der Waals surface area contributed by atoms with Gasteiger partial charge in [-0.1, -0.05) is 6.07 Å². The van der Waals surface area contributed by atoms with Gasteiger partial charge in [0.1, 0.15) is 0 Å². The first-order valence-corrected chi connectivity index (χ1v) is 7.98. The van der Waals surface area contributed by atoms with Crippen molar-refractivity contribution in [3.8, 4) is 0 Å². The molecule has 0 saturated carbocycles. The molecule has 0 N–H and O–H groups in total. The van der Waals surface area contributed by atoms with Crippen LogP contribution in [0.1, 0.15) is 22.3 Å². The van der Waals surface area contributed by atoms with Crippen LogP contribution in [-0.2, 0) is 17.8 Å². The number of carbonyl (C=O) groups excluding carboxylic acids is 1. The van der Waals surface area contributed by atoms with Crippen molar-refractivity contribution in [3.63, 3.8) is 0 Å². The van der Waals surface area contributed by atoms with Crippen molar-refractivity contribution in [1.29, 1.82) is 0 Å². The van der Waals surface area contributed by atoms with Crippen LogP contribution in [0.2, 0.25) is 0 Å². The van der Waals surface area contributed by atoms with Crippen molar-refractivity contribution in [1.82, 2.24) is 14.1 Å². The average Bonchev–Trinajstić information content (AvgIpc) is 3.20. The van der Waals surface area contributed by atoms with Gasteiger partial charge in [0.05, 0.1) is 25.5 Å². The van der Waals surface area contributed by atoms with E-state index in [2.05, 4.69) is 15.7 Å². The summed E-state index contributed by atoms with van der Waals surface area (Å²) in [6.45, 7) is 1.55. The van der Waals surface area contributed by atoms with Crippen LogP contribution in [-0.4, -0.2) is 33.1 Å². The summed E-state index contributed by atoms with van der Waals surface area (Å²) in [4.78, 5) is 15.9. The van der Waals surface area contributed by atoms with Crippen LogP contribution < -0.4 is 0 Å². The number of nitrogens with zero attached hydrogens (tertiary/aromatic N) is 3. The fourth-order valence-corrected chi connectivity index (χ4v) is 2.85. The van der Waals surface area contributed by atoms with Gasteiger partial charge in [-0.2, -0.15) is 0 Å². The Morgan fingerprint density at radius 2 is 2.26 bits per heavy atom. The lowest BCUT2D eigenvalue weighted by molar-refractivity contribution is 0.0601. The third-order valence-corrected chi connectivity index (χ3v) is 4.10. The number of rotatable bonds is 6. The predicted molar refractivity (Wildman–Crippen MR) is 89.9 cm³/mol. The Balaban J connectivity index is 2.04.